The Labute approximate surface area is 167 Å². The van der Waals surface area contributed by atoms with Gasteiger partial charge in [-0.3, -0.25) is 9.87 Å². The molecule has 29 heavy (non-hydrogen) atoms. The van der Waals surface area contributed by atoms with E-state index >= 15 is 0 Å². The van der Waals surface area contributed by atoms with Gasteiger partial charge in [0.15, 0.2) is 0 Å². The number of nitrogen functional groups attached to an aromatic ring is 1. The molecule has 1 aromatic carbocycles. The van der Waals surface area contributed by atoms with Gasteiger partial charge in [-0.25, -0.2) is 14.2 Å². The molecule has 0 saturated heterocycles. The minimum atomic E-state index is -3.92. The van der Waals surface area contributed by atoms with Gasteiger partial charge in [0.05, 0.1) is 24.7 Å². The maximum atomic E-state index is 12.8. The molecule has 2 rings (SSSR count). The second-order valence-corrected chi connectivity index (χ2v) is 7.04. The summed E-state index contributed by atoms with van der Waals surface area (Å²) in [5.41, 5.74) is 7.08. The summed E-state index contributed by atoms with van der Waals surface area (Å²) >= 11 is 0. The number of aliphatic hydroxyl groups is 1. The third-order valence-electron chi connectivity index (χ3n) is 3.17. The first-order valence-corrected chi connectivity index (χ1v) is 10.00. The van der Waals surface area contributed by atoms with Crippen molar-refractivity contribution in [1.29, 1.82) is 0 Å². The molecule has 1 heterocycles. The monoisotopic (exact) mass is 430 g/mol. The first-order valence-electron chi connectivity index (χ1n) is 8.39. The second kappa shape index (κ2) is 11.8. The molecule has 160 valence electrons. The van der Waals surface area contributed by atoms with Crippen LogP contribution in [-0.2, 0) is 21.4 Å². The van der Waals surface area contributed by atoms with E-state index in [1.807, 2.05) is 0 Å². The van der Waals surface area contributed by atoms with Crippen LogP contribution < -0.4 is 16.4 Å². The van der Waals surface area contributed by atoms with Crippen molar-refractivity contribution in [2.45, 2.75) is 13.5 Å². The quantitative estimate of drug-likeness (QED) is 0.412. The van der Waals surface area contributed by atoms with Crippen LogP contribution in [-0.4, -0.2) is 48.1 Å². The largest absolute Gasteiger partial charge is 0.450 e. The Morgan fingerprint density at radius 2 is 1.90 bits per heavy atom. The summed E-state index contributed by atoms with van der Waals surface area (Å²) in [7, 11) is -3.92. The number of ether oxygens (including phenoxy) is 1. The number of rotatable bonds is 7. The lowest BCUT2D eigenvalue weighted by atomic mass is 10.2. The lowest BCUT2D eigenvalue weighted by Crippen LogP contribution is -2.15. The normalized spacial score (nSPS) is 10.5. The minimum absolute atomic E-state index is 0.178. The Bertz CT molecular complexity index is 893. The molecule has 12 heteroatoms. The highest BCUT2D eigenvalue weighted by atomic mass is 32.2. The Kier molecular flexibility index (Phi) is 9.79. The summed E-state index contributed by atoms with van der Waals surface area (Å²) < 4.78 is 44.7. The molecule has 0 aliphatic heterocycles. The van der Waals surface area contributed by atoms with Gasteiger partial charge in [0.1, 0.15) is 17.5 Å². The highest BCUT2D eigenvalue weighted by Crippen LogP contribution is 2.19. The van der Waals surface area contributed by atoms with E-state index in [0.717, 1.165) is 5.56 Å². The van der Waals surface area contributed by atoms with Crippen LogP contribution in [0.15, 0.2) is 36.4 Å². The van der Waals surface area contributed by atoms with Crippen LogP contribution in [0.3, 0.4) is 0 Å². The van der Waals surface area contributed by atoms with Crippen LogP contribution in [0.1, 0.15) is 12.5 Å². The highest BCUT2D eigenvalue weighted by Gasteiger charge is 2.07. The molecule has 0 spiro atoms. The highest BCUT2D eigenvalue weighted by molar-refractivity contribution is 7.85. The van der Waals surface area contributed by atoms with Crippen LogP contribution in [0, 0.1) is 5.82 Å². The molecule has 0 aliphatic carbocycles. The number of pyridine rings is 1. The van der Waals surface area contributed by atoms with Crippen molar-refractivity contribution in [3.63, 3.8) is 0 Å². The van der Waals surface area contributed by atoms with Gasteiger partial charge in [-0.2, -0.15) is 8.42 Å². The topological polar surface area (TPSA) is 164 Å². The lowest BCUT2D eigenvalue weighted by Gasteiger charge is -2.10. The first kappa shape index (κ1) is 24.1. The van der Waals surface area contributed by atoms with Crippen molar-refractivity contribution >= 4 is 33.5 Å². The fraction of sp³-hybridized carbons (Fsp3) is 0.294. The van der Waals surface area contributed by atoms with E-state index in [1.165, 1.54) is 12.1 Å². The molecule has 0 radical (unpaired) electrons. The molecule has 0 aliphatic rings. The number of hydrogen-bond acceptors (Lipinski definition) is 8. The molecular formula is C17H23FN4O6S. The van der Waals surface area contributed by atoms with E-state index in [4.69, 9.17) is 20.1 Å². The summed E-state index contributed by atoms with van der Waals surface area (Å²) in [5.74, 6) is -0.124. The van der Waals surface area contributed by atoms with Crippen molar-refractivity contribution in [3.05, 3.63) is 47.8 Å². The Morgan fingerprint density at radius 3 is 2.38 bits per heavy atom. The Balaban J connectivity index is 0.000000516. The fourth-order valence-corrected chi connectivity index (χ4v) is 2.10. The molecule has 0 bridgehead atoms. The zero-order valence-electron chi connectivity index (χ0n) is 15.6. The van der Waals surface area contributed by atoms with Gasteiger partial charge >= 0.3 is 6.09 Å². The molecule has 0 fully saturated rings. The average molecular weight is 430 g/mol. The molecule has 0 atom stereocenters. The number of halogens is 1. The van der Waals surface area contributed by atoms with Crippen molar-refractivity contribution in [2.75, 3.05) is 35.3 Å². The Hall–Kier alpha value is -2.96. The third kappa shape index (κ3) is 10.2. The molecule has 6 N–H and O–H groups in total. The molecular weight excluding hydrogens is 407 g/mol. The molecule has 1 aromatic heterocycles. The van der Waals surface area contributed by atoms with E-state index in [0.29, 0.717) is 18.1 Å². The maximum absolute atomic E-state index is 12.8. The van der Waals surface area contributed by atoms with Gasteiger partial charge in [0.25, 0.3) is 10.1 Å². The van der Waals surface area contributed by atoms with E-state index in [1.54, 1.807) is 31.2 Å². The number of nitrogens with zero attached hydrogens (tertiary/aromatic N) is 1. The van der Waals surface area contributed by atoms with Crippen LogP contribution >= 0.6 is 0 Å². The molecule has 10 nitrogen and oxygen atoms in total. The number of hydrogen-bond donors (Lipinski definition) is 5. The Morgan fingerprint density at radius 1 is 1.24 bits per heavy atom. The van der Waals surface area contributed by atoms with Gasteiger partial charge in [0.2, 0.25) is 0 Å². The summed E-state index contributed by atoms with van der Waals surface area (Å²) in [6, 6.07) is 9.47. The van der Waals surface area contributed by atoms with Crippen molar-refractivity contribution < 1.29 is 32.0 Å². The summed E-state index contributed by atoms with van der Waals surface area (Å²) in [6.45, 7) is 1.94. The number of nitrogens with one attached hydrogen (secondary N) is 2. The average Bonchev–Trinajstić information content (AvgIpc) is 2.63. The molecule has 2 aromatic rings. The zero-order valence-corrected chi connectivity index (χ0v) is 16.4. The number of carbonyl (C=O) groups excluding carboxylic acids is 1. The predicted octanol–water partition coefficient (Wildman–Crippen LogP) is 1.85. The third-order valence-corrected chi connectivity index (χ3v) is 3.87. The van der Waals surface area contributed by atoms with Crippen LogP contribution in [0.5, 0.6) is 0 Å². The predicted molar refractivity (Wildman–Crippen MR) is 107 cm³/mol. The van der Waals surface area contributed by atoms with Gasteiger partial charge in [0, 0.05) is 6.54 Å². The number of nitrogens with two attached hydrogens (primary N) is 1. The zero-order chi connectivity index (χ0) is 21.9. The van der Waals surface area contributed by atoms with Crippen LogP contribution in [0.4, 0.5) is 26.5 Å². The van der Waals surface area contributed by atoms with E-state index in [9.17, 15) is 17.6 Å². The molecule has 1 amide bonds. The number of amides is 1. The SMILES string of the molecule is CCOC(=O)Nc1ccc(NCc2ccc(F)cc2)nc1N.O=S(=O)(O)CCO. The van der Waals surface area contributed by atoms with Crippen molar-refractivity contribution in [3.8, 4) is 0 Å². The van der Waals surface area contributed by atoms with Crippen molar-refractivity contribution in [2.24, 2.45) is 0 Å². The second-order valence-electron chi connectivity index (χ2n) is 5.46. The van der Waals surface area contributed by atoms with Gasteiger partial charge in [-0.15, -0.1) is 0 Å². The van der Waals surface area contributed by atoms with Crippen molar-refractivity contribution in [1.82, 2.24) is 4.98 Å². The fourth-order valence-electron chi connectivity index (χ4n) is 1.87. The molecule has 0 unspecified atom stereocenters. The van der Waals surface area contributed by atoms with Gasteiger partial charge < -0.3 is 20.9 Å². The van der Waals surface area contributed by atoms with Crippen LogP contribution in [0.25, 0.3) is 0 Å². The number of carbonyl (C=O) groups is 1. The van der Waals surface area contributed by atoms with Gasteiger partial charge in [-0.05, 0) is 36.8 Å². The number of aromatic nitrogens is 1. The maximum Gasteiger partial charge on any atom is 0.411 e. The van der Waals surface area contributed by atoms with Gasteiger partial charge in [-0.1, -0.05) is 12.1 Å². The van der Waals surface area contributed by atoms with E-state index in [-0.39, 0.29) is 18.2 Å². The molecule has 0 saturated carbocycles. The minimum Gasteiger partial charge on any atom is -0.450 e. The van der Waals surface area contributed by atoms with E-state index in [2.05, 4.69) is 15.6 Å². The summed E-state index contributed by atoms with van der Waals surface area (Å²) in [5, 5.41) is 13.4. The summed E-state index contributed by atoms with van der Waals surface area (Å²) in [4.78, 5) is 15.5. The smallest absolute Gasteiger partial charge is 0.411 e. The standard InChI is InChI=1S/C15H17FN4O2.C2H6O4S/c1-2-22-15(21)19-12-7-8-13(20-14(12)17)18-9-10-3-5-11(16)6-4-10;3-1-2-7(4,5)6/h3-8H,2,9H2,1H3,(H,19,21)(H3,17,18,20);3H,1-2H2,(H,4,5,6). The van der Waals surface area contributed by atoms with E-state index < -0.39 is 28.6 Å². The summed E-state index contributed by atoms with van der Waals surface area (Å²) in [6.07, 6.45) is -0.581. The number of aliphatic hydroxyl groups excluding tert-OH is 1. The number of benzene rings is 1. The van der Waals surface area contributed by atoms with Crippen LogP contribution in [0.2, 0.25) is 0 Å². The lowest BCUT2D eigenvalue weighted by molar-refractivity contribution is 0.168. The number of anilines is 3. The first-order chi connectivity index (χ1) is 13.6.